The van der Waals surface area contributed by atoms with E-state index in [1.54, 1.807) is 6.92 Å². The number of hydrogen-bond donors (Lipinski definition) is 1. The molecule has 2 aromatic carbocycles. The number of nitrogens with two attached hydrogens (primary N) is 1. The topological polar surface area (TPSA) is 86.5 Å². The van der Waals surface area contributed by atoms with Crippen LogP contribution in [0.4, 0.5) is 0 Å². The molecule has 0 aliphatic heterocycles. The van der Waals surface area contributed by atoms with Gasteiger partial charge in [0.05, 0.1) is 18.3 Å². The molecule has 2 atom stereocenters. The van der Waals surface area contributed by atoms with E-state index in [2.05, 4.69) is 0 Å². The Bertz CT molecular complexity index is 899. The molecule has 0 bridgehead atoms. The van der Waals surface area contributed by atoms with Crippen molar-refractivity contribution in [3.8, 4) is 11.1 Å². The first-order chi connectivity index (χ1) is 12.9. The number of fused-ring (bicyclic) bond motifs is 3. The Morgan fingerprint density at radius 2 is 1.57 bits per heavy atom. The van der Waals surface area contributed by atoms with Gasteiger partial charge in [0.1, 0.15) is 0 Å². The van der Waals surface area contributed by atoms with Crippen molar-refractivity contribution < 1.29 is 17.4 Å². The molecule has 2 aromatic rings. The van der Waals surface area contributed by atoms with Crippen LogP contribution in [0.3, 0.4) is 0 Å². The van der Waals surface area contributed by atoms with E-state index in [1.165, 1.54) is 0 Å². The third-order valence-corrected chi connectivity index (χ3v) is 6.58. The van der Waals surface area contributed by atoms with Gasteiger partial charge in [0, 0.05) is 5.92 Å². The van der Waals surface area contributed by atoms with Crippen molar-refractivity contribution >= 4 is 45.6 Å². The van der Waals surface area contributed by atoms with Crippen LogP contribution in [0, 0.1) is 11.8 Å². The van der Waals surface area contributed by atoms with Gasteiger partial charge in [-0.05, 0) is 34.6 Å². The third kappa shape index (κ3) is 4.69. The molecular formula is C21H26NNaO4S. The fourth-order valence-corrected chi connectivity index (χ4v) is 5.41. The maximum atomic E-state index is 12.4. The second kappa shape index (κ2) is 9.55. The van der Waals surface area contributed by atoms with E-state index in [9.17, 15) is 13.2 Å². The van der Waals surface area contributed by atoms with Crippen LogP contribution in [-0.2, 0) is 19.1 Å². The van der Waals surface area contributed by atoms with Crippen LogP contribution in [0.1, 0.15) is 37.3 Å². The predicted octanol–water partition coefficient (Wildman–Crippen LogP) is 2.64. The van der Waals surface area contributed by atoms with Gasteiger partial charge in [0.15, 0.2) is 0 Å². The summed E-state index contributed by atoms with van der Waals surface area (Å²) in [7, 11) is -3.71. The van der Waals surface area contributed by atoms with E-state index in [1.807, 2.05) is 55.5 Å². The van der Waals surface area contributed by atoms with Gasteiger partial charge >= 0.3 is 29.6 Å². The molecule has 7 heteroatoms. The summed E-state index contributed by atoms with van der Waals surface area (Å²) in [5.74, 6) is -2.11. The molecule has 5 nitrogen and oxygen atoms in total. The zero-order chi connectivity index (χ0) is 19.6. The molecule has 0 saturated heterocycles. The summed E-state index contributed by atoms with van der Waals surface area (Å²) >= 11 is 0. The minimum absolute atomic E-state index is 0. The molecule has 2 unspecified atom stereocenters. The monoisotopic (exact) mass is 411 g/mol. The van der Waals surface area contributed by atoms with E-state index in [4.69, 9.17) is 9.92 Å². The number of carbonyl (C=O) groups excluding carboxylic acids is 1. The van der Waals surface area contributed by atoms with E-state index in [0.717, 1.165) is 22.3 Å². The van der Waals surface area contributed by atoms with Gasteiger partial charge in [-0.3, -0.25) is 8.98 Å². The Labute approximate surface area is 189 Å². The molecule has 2 N–H and O–H groups in total. The van der Waals surface area contributed by atoms with Gasteiger partial charge in [-0.2, -0.15) is 8.42 Å². The SMILES string of the molecule is CCCOS(=O)(=O)CC(C)C(C(N)=O)C1c2ccccc2-c2ccccc21.[NaH]. The third-order valence-electron chi connectivity index (χ3n) is 5.12. The van der Waals surface area contributed by atoms with Crippen molar-refractivity contribution in [1.82, 2.24) is 0 Å². The molecule has 0 spiro atoms. The van der Waals surface area contributed by atoms with Crippen LogP contribution in [0.2, 0.25) is 0 Å². The van der Waals surface area contributed by atoms with Crippen LogP contribution in [0.15, 0.2) is 48.5 Å². The number of benzene rings is 2. The number of hydrogen-bond acceptors (Lipinski definition) is 4. The second-order valence-electron chi connectivity index (χ2n) is 7.10. The first kappa shape index (κ1) is 23.1. The zero-order valence-corrected chi connectivity index (χ0v) is 16.4. The zero-order valence-electron chi connectivity index (χ0n) is 15.6. The van der Waals surface area contributed by atoms with Gasteiger partial charge in [0.2, 0.25) is 5.91 Å². The molecule has 0 radical (unpaired) electrons. The van der Waals surface area contributed by atoms with Crippen molar-refractivity contribution in [1.29, 1.82) is 0 Å². The number of primary amides is 1. The van der Waals surface area contributed by atoms with Crippen LogP contribution in [0.5, 0.6) is 0 Å². The molecular weight excluding hydrogens is 385 g/mol. The Balaban J connectivity index is 0.00000280. The Hall–Kier alpha value is -1.18. The van der Waals surface area contributed by atoms with Crippen molar-refractivity contribution in [2.75, 3.05) is 12.4 Å². The normalized spacial score (nSPS) is 15.2. The van der Waals surface area contributed by atoms with Crippen LogP contribution >= 0.6 is 0 Å². The number of rotatable bonds is 8. The van der Waals surface area contributed by atoms with E-state index in [-0.39, 0.29) is 47.8 Å². The molecule has 0 saturated carbocycles. The second-order valence-corrected chi connectivity index (χ2v) is 8.79. The summed E-state index contributed by atoms with van der Waals surface area (Å²) in [4.78, 5) is 12.4. The molecule has 146 valence electrons. The van der Waals surface area contributed by atoms with Crippen molar-refractivity contribution in [2.45, 2.75) is 26.2 Å². The number of amides is 1. The summed E-state index contributed by atoms with van der Waals surface area (Å²) < 4.78 is 29.5. The summed E-state index contributed by atoms with van der Waals surface area (Å²) in [6.07, 6.45) is 0.607. The van der Waals surface area contributed by atoms with Gasteiger partial charge in [0.25, 0.3) is 10.1 Å². The Morgan fingerprint density at radius 1 is 1.07 bits per heavy atom. The molecule has 3 rings (SSSR count). The van der Waals surface area contributed by atoms with Crippen molar-refractivity contribution in [3.63, 3.8) is 0 Å². The van der Waals surface area contributed by atoms with Crippen LogP contribution in [-0.4, -0.2) is 56.2 Å². The van der Waals surface area contributed by atoms with Crippen LogP contribution < -0.4 is 5.73 Å². The minimum atomic E-state index is -3.71. The molecule has 1 aliphatic carbocycles. The van der Waals surface area contributed by atoms with Crippen molar-refractivity contribution in [2.24, 2.45) is 17.6 Å². The maximum absolute atomic E-state index is 12.4. The molecule has 28 heavy (non-hydrogen) atoms. The number of carbonyl (C=O) groups is 1. The van der Waals surface area contributed by atoms with Gasteiger partial charge in [-0.25, -0.2) is 0 Å². The molecule has 1 aliphatic rings. The fourth-order valence-electron chi connectivity index (χ4n) is 4.04. The summed E-state index contributed by atoms with van der Waals surface area (Å²) in [5.41, 5.74) is 9.95. The van der Waals surface area contributed by atoms with E-state index in [0.29, 0.717) is 6.42 Å². The predicted molar refractivity (Wildman–Crippen MR) is 113 cm³/mol. The molecule has 0 aromatic heterocycles. The Morgan fingerprint density at radius 3 is 2.04 bits per heavy atom. The standard InChI is InChI=1S/C21H25NO4S.Na.H/c1-3-12-26-27(24,25)13-14(2)19(21(22)23)20-17-10-6-4-8-15(17)16-9-5-7-11-18(16)20;;/h4-11,14,19-20H,3,12-13H2,1-2H3,(H2,22,23);;. The van der Waals surface area contributed by atoms with Crippen molar-refractivity contribution in [3.05, 3.63) is 59.7 Å². The average molecular weight is 411 g/mol. The van der Waals surface area contributed by atoms with Gasteiger partial charge < -0.3 is 5.73 Å². The molecule has 1 amide bonds. The van der Waals surface area contributed by atoms with E-state index >= 15 is 0 Å². The van der Waals surface area contributed by atoms with E-state index < -0.39 is 27.9 Å². The molecule has 0 heterocycles. The van der Waals surface area contributed by atoms with Crippen LogP contribution in [0.25, 0.3) is 11.1 Å². The summed E-state index contributed by atoms with van der Waals surface area (Å²) in [6.45, 7) is 3.74. The summed E-state index contributed by atoms with van der Waals surface area (Å²) in [5, 5.41) is 0. The van der Waals surface area contributed by atoms with Gasteiger partial charge in [-0.15, -0.1) is 0 Å². The Kier molecular flexibility index (Phi) is 7.88. The first-order valence-electron chi connectivity index (χ1n) is 9.20. The molecule has 0 fully saturated rings. The fraction of sp³-hybridized carbons (Fsp3) is 0.381. The summed E-state index contributed by atoms with van der Waals surface area (Å²) in [6, 6.07) is 15.8. The van der Waals surface area contributed by atoms with Gasteiger partial charge in [-0.1, -0.05) is 62.4 Å². The quantitative estimate of drug-likeness (QED) is 0.534. The average Bonchev–Trinajstić information content (AvgIpc) is 2.95. The first-order valence-corrected chi connectivity index (χ1v) is 10.8.